The van der Waals surface area contributed by atoms with Gasteiger partial charge in [-0.2, -0.15) is 0 Å². The first-order valence-electron chi connectivity index (χ1n) is 7.48. The number of benzene rings is 1. The predicted octanol–water partition coefficient (Wildman–Crippen LogP) is 2.89. The van der Waals surface area contributed by atoms with E-state index >= 15 is 0 Å². The van der Waals surface area contributed by atoms with Crippen LogP contribution < -0.4 is 4.74 Å². The van der Waals surface area contributed by atoms with Crippen LogP contribution in [0, 0.1) is 13.8 Å². The minimum Gasteiger partial charge on any atom is -0.491 e. The molecule has 0 saturated carbocycles. The summed E-state index contributed by atoms with van der Waals surface area (Å²) in [7, 11) is 0. The van der Waals surface area contributed by atoms with Gasteiger partial charge in [-0.15, -0.1) is 0 Å². The summed E-state index contributed by atoms with van der Waals surface area (Å²) in [6, 6.07) is 6.09. The van der Waals surface area contributed by atoms with E-state index < -0.39 is 6.10 Å². The lowest BCUT2D eigenvalue weighted by Gasteiger charge is -2.16. The van der Waals surface area contributed by atoms with E-state index in [-0.39, 0.29) is 6.61 Å². The topological polar surface area (TPSA) is 47.3 Å². The average molecular weight is 288 g/mol. The van der Waals surface area contributed by atoms with E-state index in [1.54, 1.807) is 6.20 Å². The Labute approximate surface area is 126 Å². The molecule has 0 saturated heterocycles. The van der Waals surface area contributed by atoms with Gasteiger partial charge >= 0.3 is 0 Å². The molecule has 1 aromatic heterocycles. The molecule has 0 amide bonds. The average Bonchev–Trinajstić information content (AvgIpc) is 2.87. The van der Waals surface area contributed by atoms with E-state index in [0.29, 0.717) is 6.54 Å². The largest absolute Gasteiger partial charge is 0.491 e. The van der Waals surface area contributed by atoms with Gasteiger partial charge in [0.25, 0.3) is 0 Å². The van der Waals surface area contributed by atoms with E-state index in [0.717, 1.165) is 35.5 Å². The molecule has 0 aliphatic carbocycles. The fourth-order valence-corrected chi connectivity index (χ4v) is 2.29. The van der Waals surface area contributed by atoms with Crippen molar-refractivity contribution in [2.45, 2.75) is 46.3 Å². The molecule has 0 spiro atoms. The van der Waals surface area contributed by atoms with Crippen LogP contribution in [-0.4, -0.2) is 27.4 Å². The highest BCUT2D eigenvalue weighted by Crippen LogP contribution is 2.19. The van der Waals surface area contributed by atoms with Gasteiger partial charge in [0.2, 0.25) is 0 Å². The van der Waals surface area contributed by atoms with E-state index in [1.807, 2.05) is 36.7 Å². The fourth-order valence-electron chi connectivity index (χ4n) is 2.29. The molecule has 0 bridgehead atoms. The maximum Gasteiger partial charge on any atom is 0.122 e. The number of ether oxygens (including phenoxy) is 1. The second kappa shape index (κ2) is 7.27. The van der Waals surface area contributed by atoms with E-state index in [4.69, 9.17) is 4.74 Å². The van der Waals surface area contributed by atoms with Crippen LogP contribution in [0.3, 0.4) is 0 Å². The first kappa shape index (κ1) is 15.6. The number of aromatic nitrogens is 2. The second-order valence-corrected chi connectivity index (χ2v) is 5.48. The standard InChI is InChI=1S/C17H24N2O2/c1-4-5-17-18-8-9-19(17)11-15(20)12-21-16-10-13(2)6-7-14(16)3/h6-10,15,20H,4-5,11-12H2,1-3H3. The normalized spacial score (nSPS) is 12.4. The highest BCUT2D eigenvalue weighted by molar-refractivity contribution is 5.35. The van der Waals surface area contributed by atoms with Gasteiger partial charge in [-0.05, 0) is 37.5 Å². The van der Waals surface area contributed by atoms with Crippen molar-refractivity contribution in [3.63, 3.8) is 0 Å². The molecule has 0 radical (unpaired) electrons. The number of aliphatic hydroxyl groups excluding tert-OH is 1. The monoisotopic (exact) mass is 288 g/mol. The van der Waals surface area contributed by atoms with Crippen molar-refractivity contribution in [2.75, 3.05) is 6.61 Å². The van der Waals surface area contributed by atoms with E-state index in [1.165, 1.54) is 0 Å². The Kier molecular flexibility index (Phi) is 5.39. The van der Waals surface area contributed by atoms with Crippen molar-refractivity contribution in [1.29, 1.82) is 0 Å². The molecule has 4 heteroatoms. The van der Waals surface area contributed by atoms with Gasteiger partial charge in [0.1, 0.15) is 24.3 Å². The smallest absolute Gasteiger partial charge is 0.122 e. The first-order valence-corrected chi connectivity index (χ1v) is 7.48. The molecule has 21 heavy (non-hydrogen) atoms. The van der Waals surface area contributed by atoms with Crippen molar-refractivity contribution in [2.24, 2.45) is 0 Å². The van der Waals surface area contributed by atoms with Crippen molar-refractivity contribution in [3.8, 4) is 5.75 Å². The number of aliphatic hydroxyl groups is 1. The molecule has 2 aromatic rings. The predicted molar refractivity (Wildman–Crippen MR) is 83.6 cm³/mol. The summed E-state index contributed by atoms with van der Waals surface area (Å²) in [5.74, 6) is 1.86. The van der Waals surface area contributed by atoms with Crippen LogP contribution in [0.15, 0.2) is 30.6 Å². The maximum atomic E-state index is 10.2. The lowest BCUT2D eigenvalue weighted by atomic mass is 10.1. The molecule has 0 aliphatic heterocycles. The lowest BCUT2D eigenvalue weighted by molar-refractivity contribution is 0.0913. The van der Waals surface area contributed by atoms with Gasteiger partial charge in [-0.1, -0.05) is 19.1 Å². The molecule has 1 heterocycles. The third-order valence-electron chi connectivity index (χ3n) is 3.46. The SMILES string of the molecule is CCCc1nccn1CC(O)COc1cc(C)ccc1C. The highest BCUT2D eigenvalue weighted by atomic mass is 16.5. The maximum absolute atomic E-state index is 10.2. The molecular weight excluding hydrogens is 264 g/mol. The Morgan fingerprint density at radius 2 is 2.14 bits per heavy atom. The Morgan fingerprint density at radius 1 is 1.33 bits per heavy atom. The molecule has 2 rings (SSSR count). The van der Waals surface area contributed by atoms with Crippen molar-refractivity contribution in [3.05, 3.63) is 47.5 Å². The Hall–Kier alpha value is -1.81. The van der Waals surface area contributed by atoms with Gasteiger partial charge in [0.15, 0.2) is 0 Å². The quantitative estimate of drug-likeness (QED) is 0.852. The third kappa shape index (κ3) is 4.33. The minimum atomic E-state index is -0.547. The van der Waals surface area contributed by atoms with Gasteiger partial charge in [0.05, 0.1) is 6.54 Å². The van der Waals surface area contributed by atoms with Crippen LogP contribution in [0.5, 0.6) is 5.75 Å². The van der Waals surface area contributed by atoms with E-state index in [9.17, 15) is 5.11 Å². The zero-order valence-electron chi connectivity index (χ0n) is 13.0. The molecule has 0 fully saturated rings. The number of rotatable bonds is 7. The van der Waals surface area contributed by atoms with Crippen molar-refractivity contribution < 1.29 is 9.84 Å². The molecule has 1 N–H and O–H groups in total. The molecular formula is C17H24N2O2. The summed E-state index contributed by atoms with van der Waals surface area (Å²) in [4.78, 5) is 4.31. The molecule has 0 aliphatic rings. The number of nitrogens with zero attached hydrogens (tertiary/aromatic N) is 2. The molecule has 1 atom stereocenters. The lowest BCUT2D eigenvalue weighted by Crippen LogP contribution is -2.24. The van der Waals surface area contributed by atoms with Crippen LogP contribution >= 0.6 is 0 Å². The number of imidazole rings is 1. The molecule has 114 valence electrons. The highest BCUT2D eigenvalue weighted by Gasteiger charge is 2.10. The summed E-state index contributed by atoms with van der Waals surface area (Å²) in [6.07, 6.45) is 5.12. The van der Waals surface area contributed by atoms with Crippen LogP contribution in [0.2, 0.25) is 0 Å². The van der Waals surface area contributed by atoms with E-state index in [2.05, 4.69) is 18.0 Å². The third-order valence-corrected chi connectivity index (χ3v) is 3.46. The minimum absolute atomic E-state index is 0.286. The summed E-state index contributed by atoms with van der Waals surface area (Å²) in [5.41, 5.74) is 2.24. The van der Waals surface area contributed by atoms with Crippen molar-refractivity contribution in [1.82, 2.24) is 9.55 Å². The summed E-state index contributed by atoms with van der Waals surface area (Å²) < 4.78 is 7.74. The Bertz CT molecular complexity index is 578. The van der Waals surface area contributed by atoms with Crippen LogP contribution in [0.25, 0.3) is 0 Å². The molecule has 1 unspecified atom stereocenters. The first-order chi connectivity index (χ1) is 10.1. The zero-order valence-corrected chi connectivity index (χ0v) is 13.0. The van der Waals surface area contributed by atoms with Gasteiger partial charge in [0, 0.05) is 18.8 Å². The summed E-state index contributed by atoms with van der Waals surface area (Å²) >= 11 is 0. The zero-order chi connectivity index (χ0) is 15.2. The Balaban J connectivity index is 1.91. The van der Waals surface area contributed by atoms with Gasteiger partial charge < -0.3 is 14.4 Å². The second-order valence-electron chi connectivity index (χ2n) is 5.48. The Morgan fingerprint density at radius 3 is 2.90 bits per heavy atom. The number of hydrogen-bond donors (Lipinski definition) is 1. The van der Waals surface area contributed by atoms with Crippen molar-refractivity contribution >= 4 is 0 Å². The molecule has 4 nitrogen and oxygen atoms in total. The van der Waals surface area contributed by atoms with Crippen LogP contribution in [-0.2, 0) is 13.0 Å². The fraction of sp³-hybridized carbons (Fsp3) is 0.471. The van der Waals surface area contributed by atoms with Gasteiger partial charge in [-0.25, -0.2) is 4.98 Å². The number of hydrogen-bond acceptors (Lipinski definition) is 3. The molecule has 1 aromatic carbocycles. The summed E-state index contributed by atoms with van der Waals surface area (Å²) in [6.45, 7) is 6.97. The van der Waals surface area contributed by atoms with Crippen LogP contribution in [0.4, 0.5) is 0 Å². The number of aryl methyl sites for hydroxylation is 3. The van der Waals surface area contributed by atoms with Gasteiger partial charge in [-0.3, -0.25) is 0 Å². The summed E-state index contributed by atoms with van der Waals surface area (Å²) in [5, 5.41) is 10.2. The van der Waals surface area contributed by atoms with Crippen LogP contribution in [0.1, 0.15) is 30.3 Å².